The molecule has 0 aromatic heterocycles. The molecular formula is C29H40N2O4. The largest absolute Gasteiger partial charge is 0.479 e. The maximum atomic E-state index is 13.1. The molecular weight excluding hydrogens is 440 g/mol. The van der Waals surface area contributed by atoms with Gasteiger partial charge >= 0.3 is 5.97 Å². The van der Waals surface area contributed by atoms with E-state index in [1.165, 1.54) is 19.3 Å². The lowest BCUT2D eigenvalue weighted by molar-refractivity contribution is -0.145. The number of ether oxygens (including phenoxy) is 1. The van der Waals surface area contributed by atoms with Crippen LogP contribution < -0.4 is 15.0 Å². The van der Waals surface area contributed by atoms with E-state index in [1.54, 1.807) is 13.0 Å². The summed E-state index contributed by atoms with van der Waals surface area (Å²) in [5.74, 6) is -0.196. The normalized spacial score (nSPS) is 15.0. The van der Waals surface area contributed by atoms with Crippen LogP contribution in [0.3, 0.4) is 0 Å². The summed E-state index contributed by atoms with van der Waals surface area (Å²) in [4.78, 5) is 27.0. The number of hydrogen-bond donors (Lipinski definition) is 2. The van der Waals surface area contributed by atoms with Crippen molar-refractivity contribution in [2.24, 2.45) is 5.92 Å². The number of amides is 1. The lowest BCUT2D eigenvalue weighted by atomic mass is 9.93. The number of carboxylic acid groups (broad SMARTS) is 1. The summed E-state index contributed by atoms with van der Waals surface area (Å²) in [6.45, 7) is 9.11. The molecule has 0 heterocycles. The third-order valence-electron chi connectivity index (χ3n) is 6.54. The Kier molecular flexibility index (Phi) is 9.58. The zero-order valence-corrected chi connectivity index (χ0v) is 21.5. The SMILES string of the molecule is CCC(Oc1ccc(N(CC(C)C)C2CCCCC2)c(NC(=O)Cc2ccc(C)cc2)c1)C(=O)O. The Bertz CT molecular complexity index is 981. The Labute approximate surface area is 209 Å². The van der Waals surface area contributed by atoms with Crippen molar-refractivity contribution in [3.63, 3.8) is 0 Å². The van der Waals surface area contributed by atoms with Gasteiger partial charge in [0.2, 0.25) is 5.91 Å². The number of nitrogens with zero attached hydrogens (tertiary/aromatic N) is 1. The van der Waals surface area contributed by atoms with Crippen LogP contribution in [0.4, 0.5) is 11.4 Å². The van der Waals surface area contributed by atoms with Gasteiger partial charge in [-0.3, -0.25) is 4.79 Å². The second-order valence-electron chi connectivity index (χ2n) is 10.1. The van der Waals surface area contributed by atoms with Crippen molar-refractivity contribution >= 4 is 23.3 Å². The quantitative estimate of drug-likeness (QED) is 0.399. The fourth-order valence-electron chi connectivity index (χ4n) is 4.73. The first-order valence-electron chi connectivity index (χ1n) is 12.9. The summed E-state index contributed by atoms with van der Waals surface area (Å²) in [5, 5.41) is 12.6. The minimum absolute atomic E-state index is 0.106. The van der Waals surface area contributed by atoms with Gasteiger partial charge in [-0.15, -0.1) is 0 Å². The highest BCUT2D eigenvalue weighted by Gasteiger charge is 2.26. The number of rotatable bonds is 11. The minimum atomic E-state index is -0.995. The van der Waals surface area contributed by atoms with Crippen LogP contribution in [0.25, 0.3) is 0 Å². The topological polar surface area (TPSA) is 78.9 Å². The smallest absolute Gasteiger partial charge is 0.344 e. The van der Waals surface area contributed by atoms with Crippen molar-refractivity contribution < 1.29 is 19.4 Å². The third-order valence-corrected chi connectivity index (χ3v) is 6.54. The van der Waals surface area contributed by atoms with Gasteiger partial charge < -0.3 is 20.1 Å². The molecule has 2 N–H and O–H groups in total. The highest BCUT2D eigenvalue weighted by Crippen LogP contribution is 2.36. The van der Waals surface area contributed by atoms with E-state index >= 15 is 0 Å². The van der Waals surface area contributed by atoms with Gasteiger partial charge in [0, 0.05) is 18.7 Å². The molecule has 0 spiro atoms. The second kappa shape index (κ2) is 12.6. The number of carboxylic acids is 1. The van der Waals surface area contributed by atoms with E-state index in [0.29, 0.717) is 29.8 Å². The van der Waals surface area contributed by atoms with Crippen molar-refractivity contribution in [2.45, 2.75) is 84.8 Å². The zero-order chi connectivity index (χ0) is 25.4. The number of carbonyl (C=O) groups is 2. The van der Waals surface area contributed by atoms with Crippen LogP contribution in [-0.2, 0) is 16.0 Å². The van der Waals surface area contributed by atoms with Gasteiger partial charge in [-0.2, -0.15) is 0 Å². The van der Waals surface area contributed by atoms with E-state index in [0.717, 1.165) is 36.2 Å². The molecule has 1 amide bonds. The van der Waals surface area contributed by atoms with Gasteiger partial charge in [0.1, 0.15) is 5.75 Å². The molecule has 2 aromatic carbocycles. The zero-order valence-electron chi connectivity index (χ0n) is 21.5. The maximum Gasteiger partial charge on any atom is 0.344 e. The molecule has 6 heteroatoms. The van der Waals surface area contributed by atoms with E-state index in [-0.39, 0.29) is 12.3 Å². The van der Waals surface area contributed by atoms with Crippen LogP contribution >= 0.6 is 0 Å². The highest BCUT2D eigenvalue weighted by molar-refractivity contribution is 5.96. The molecule has 1 saturated carbocycles. The fourth-order valence-corrected chi connectivity index (χ4v) is 4.73. The summed E-state index contributed by atoms with van der Waals surface area (Å²) in [6, 6.07) is 14.0. The van der Waals surface area contributed by atoms with Crippen LogP contribution in [0.15, 0.2) is 42.5 Å². The lowest BCUT2D eigenvalue weighted by Gasteiger charge is -2.38. The molecule has 1 unspecified atom stereocenters. The van der Waals surface area contributed by atoms with Crippen LogP contribution in [0.1, 0.15) is 70.4 Å². The van der Waals surface area contributed by atoms with Crippen molar-refractivity contribution in [2.75, 3.05) is 16.8 Å². The number of carbonyl (C=O) groups excluding carboxylic acids is 1. The Balaban J connectivity index is 1.92. The molecule has 0 saturated heterocycles. The number of benzene rings is 2. The van der Waals surface area contributed by atoms with E-state index in [2.05, 4.69) is 24.1 Å². The van der Waals surface area contributed by atoms with E-state index in [4.69, 9.17) is 4.74 Å². The van der Waals surface area contributed by atoms with E-state index in [1.807, 2.05) is 43.3 Å². The Morgan fingerprint density at radius 3 is 2.37 bits per heavy atom. The predicted octanol–water partition coefficient (Wildman–Crippen LogP) is 6.21. The van der Waals surface area contributed by atoms with E-state index in [9.17, 15) is 14.7 Å². The third kappa shape index (κ3) is 7.74. The van der Waals surface area contributed by atoms with Crippen molar-refractivity contribution in [3.8, 4) is 5.75 Å². The number of aliphatic carboxylic acids is 1. The first-order chi connectivity index (χ1) is 16.8. The monoisotopic (exact) mass is 480 g/mol. The molecule has 0 aliphatic heterocycles. The van der Waals surface area contributed by atoms with Gasteiger partial charge in [-0.05, 0) is 49.8 Å². The molecule has 0 bridgehead atoms. The summed E-state index contributed by atoms with van der Waals surface area (Å²) in [7, 11) is 0. The Hall–Kier alpha value is -3.02. The number of hydrogen-bond acceptors (Lipinski definition) is 4. The predicted molar refractivity (Wildman–Crippen MR) is 141 cm³/mol. The first-order valence-corrected chi connectivity index (χ1v) is 12.9. The molecule has 1 aliphatic carbocycles. The standard InChI is InChI=1S/C29H40N2O4/c1-5-27(29(33)34)35-24-15-16-26(31(19-20(2)3)23-9-7-6-8-10-23)25(18-24)30-28(32)17-22-13-11-21(4)12-14-22/h11-16,18,20,23,27H,5-10,17,19H2,1-4H3,(H,30,32)(H,33,34). The molecule has 1 aliphatic rings. The second-order valence-corrected chi connectivity index (χ2v) is 10.1. The van der Waals surface area contributed by atoms with Gasteiger partial charge in [0.05, 0.1) is 17.8 Å². The summed E-state index contributed by atoms with van der Waals surface area (Å²) < 4.78 is 5.77. The van der Waals surface area contributed by atoms with Crippen LogP contribution in [0.2, 0.25) is 0 Å². The molecule has 6 nitrogen and oxygen atoms in total. The molecule has 3 rings (SSSR count). The average Bonchev–Trinajstić information content (AvgIpc) is 2.83. The molecule has 1 fully saturated rings. The van der Waals surface area contributed by atoms with Gasteiger partial charge in [-0.25, -0.2) is 4.79 Å². The lowest BCUT2D eigenvalue weighted by Crippen LogP contribution is -2.40. The van der Waals surface area contributed by atoms with Gasteiger partial charge in [-0.1, -0.05) is 69.9 Å². The number of aryl methyl sites for hydroxylation is 1. The van der Waals surface area contributed by atoms with Gasteiger partial charge in [0.25, 0.3) is 0 Å². The molecule has 190 valence electrons. The van der Waals surface area contributed by atoms with Crippen molar-refractivity contribution in [1.82, 2.24) is 0 Å². The number of anilines is 2. The average molecular weight is 481 g/mol. The van der Waals surface area contributed by atoms with Crippen LogP contribution in [-0.4, -0.2) is 35.7 Å². The summed E-state index contributed by atoms with van der Waals surface area (Å²) in [6.07, 6.45) is 5.67. The Morgan fingerprint density at radius 2 is 1.77 bits per heavy atom. The van der Waals surface area contributed by atoms with Crippen molar-refractivity contribution in [3.05, 3.63) is 53.6 Å². The van der Waals surface area contributed by atoms with Crippen LogP contribution in [0, 0.1) is 12.8 Å². The van der Waals surface area contributed by atoms with Crippen LogP contribution in [0.5, 0.6) is 5.75 Å². The molecule has 2 aromatic rings. The maximum absolute atomic E-state index is 13.1. The van der Waals surface area contributed by atoms with Crippen molar-refractivity contribution in [1.29, 1.82) is 0 Å². The molecule has 0 radical (unpaired) electrons. The number of nitrogens with one attached hydrogen (secondary N) is 1. The summed E-state index contributed by atoms with van der Waals surface area (Å²) in [5.41, 5.74) is 3.75. The van der Waals surface area contributed by atoms with Gasteiger partial charge in [0.15, 0.2) is 6.10 Å². The molecule has 1 atom stereocenters. The highest BCUT2D eigenvalue weighted by atomic mass is 16.5. The van der Waals surface area contributed by atoms with E-state index < -0.39 is 12.1 Å². The molecule has 35 heavy (non-hydrogen) atoms. The first kappa shape index (κ1) is 26.6. The summed E-state index contributed by atoms with van der Waals surface area (Å²) >= 11 is 0. The fraction of sp³-hybridized carbons (Fsp3) is 0.517. The Morgan fingerprint density at radius 1 is 1.09 bits per heavy atom. The minimum Gasteiger partial charge on any atom is -0.479 e.